The Balaban J connectivity index is 1.76. The van der Waals surface area contributed by atoms with E-state index in [4.69, 9.17) is 4.74 Å². The number of allylic oxidation sites excluding steroid dienone is 2. The molecule has 2 fully saturated rings. The number of benzene rings is 1. The van der Waals surface area contributed by atoms with E-state index in [1.165, 1.54) is 5.57 Å². The van der Waals surface area contributed by atoms with Gasteiger partial charge in [-0.1, -0.05) is 55.3 Å². The summed E-state index contributed by atoms with van der Waals surface area (Å²) < 4.78 is 6.05. The highest BCUT2D eigenvalue weighted by molar-refractivity contribution is 5.99. The summed E-state index contributed by atoms with van der Waals surface area (Å²) in [6, 6.07) is 10.1. The molecule has 3 aliphatic rings. The standard InChI is InChI=1S/C22H26O3/c1-14-12-15(2)19-17(13-14)20(23)22(25-21(19)24)11-7-6-10-18(22)16-8-4-3-5-9-16/h3-5,8-9,12,15,17-19H,6-7,10-11,13H2,1-2H3/t15?,17-,18-,19+,22-/m0/s1. The molecule has 0 N–H and O–H groups in total. The normalized spacial score (nSPS) is 38.1. The third-order valence-corrected chi connectivity index (χ3v) is 6.45. The van der Waals surface area contributed by atoms with Crippen molar-refractivity contribution in [2.75, 3.05) is 0 Å². The first-order chi connectivity index (χ1) is 12.0. The lowest BCUT2D eigenvalue weighted by molar-refractivity contribution is -0.195. The summed E-state index contributed by atoms with van der Waals surface area (Å²) in [5.74, 6) is -0.452. The first kappa shape index (κ1) is 16.6. The number of hydrogen-bond acceptors (Lipinski definition) is 3. The van der Waals surface area contributed by atoms with Crippen LogP contribution < -0.4 is 0 Å². The SMILES string of the molecule is CC1=CC(C)[C@H]2C(=O)O[C@]3(CCCC[C@H]3c3ccccc3)C(=O)[C@H]2C1. The maximum Gasteiger partial charge on any atom is 0.311 e. The zero-order valence-electron chi connectivity index (χ0n) is 15.0. The van der Waals surface area contributed by atoms with Gasteiger partial charge in [0.2, 0.25) is 0 Å². The highest BCUT2D eigenvalue weighted by atomic mass is 16.6. The molecule has 0 aromatic heterocycles. The Morgan fingerprint density at radius 3 is 2.64 bits per heavy atom. The Bertz CT molecular complexity index is 720. The van der Waals surface area contributed by atoms with Crippen LogP contribution in [0.15, 0.2) is 42.0 Å². The summed E-state index contributed by atoms with van der Waals surface area (Å²) in [4.78, 5) is 26.6. The number of carbonyl (C=O) groups is 2. The molecule has 1 aromatic carbocycles. The van der Waals surface area contributed by atoms with E-state index in [1.807, 2.05) is 25.1 Å². The average molecular weight is 338 g/mol. The Morgan fingerprint density at radius 1 is 1.12 bits per heavy atom. The second-order valence-electron chi connectivity index (χ2n) is 8.09. The van der Waals surface area contributed by atoms with Crippen molar-refractivity contribution < 1.29 is 14.3 Å². The maximum atomic E-state index is 13.7. The predicted molar refractivity (Wildman–Crippen MR) is 96.0 cm³/mol. The number of ketones is 1. The van der Waals surface area contributed by atoms with Crippen LogP contribution in [0, 0.1) is 17.8 Å². The smallest absolute Gasteiger partial charge is 0.311 e. The lowest BCUT2D eigenvalue weighted by Crippen LogP contribution is -2.60. The third-order valence-electron chi connectivity index (χ3n) is 6.45. The molecule has 1 spiro atoms. The minimum absolute atomic E-state index is 0.0126. The highest BCUT2D eigenvalue weighted by Gasteiger charge is 2.60. The van der Waals surface area contributed by atoms with Crippen LogP contribution in [-0.4, -0.2) is 17.4 Å². The Hall–Kier alpha value is -1.90. The van der Waals surface area contributed by atoms with E-state index < -0.39 is 5.60 Å². The molecule has 0 radical (unpaired) electrons. The van der Waals surface area contributed by atoms with Gasteiger partial charge in [-0.15, -0.1) is 0 Å². The van der Waals surface area contributed by atoms with Crippen molar-refractivity contribution in [3.8, 4) is 0 Å². The van der Waals surface area contributed by atoms with E-state index in [2.05, 4.69) is 25.1 Å². The van der Waals surface area contributed by atoms with E-state index >= 15 is 0 Å². The number of Topliss-reactive ketones (excluding diaryl/α,β-unsaturated/α-hetero) is 1. The molecule has 1 heterocycles. The van der Waals surface area contributed by atoms with Crippen molar-refractivity contribution in [1.29, 1.82) is 0 Å². The van der Waals surface area contributed by atoms with E-state index in [0.717, 1.165) is 24.8 Å². The van der Waals surface area contributed by atoms with Gasteiger partial charge in [0.05, 0.1) is 5.92 Å². The average Bonchev–Trinajstić information content (AvgIpc) is 2.60. The number of hydrogen-bond donors (Lipinski definition) is 0. The molecule has 1 aromatic rings. The number of esters is 1. The molecule has 0 amide bonds. The molecule has 3 nitrogen and oxygen atoms in total. The quantitative estimate of drug-likeness (QED) is 0.562. The Labute approximate surface area is 149 Å². The molecule has 1 aliphatic heterocycles. The van der Waals surface area contributed by atoms with E-state index in [0.29, 0.717) is 12.8 Å². The highest BCUT2D eigenvalue weighted by Crippen LogP contribution is 2.51. The minimum atomic E-state index is -0.949. The lowest BCUT2D eigenvalue weighted by atomic mass is 9.60. The van der Waals surface area contributed by atoms with E-state index in [1.54, 1.807) is 0 Å². The molecule has 1 unspecified atom stereocenters. The van der Waals surface area contributed by atoms with Gasteiger partial charge in [-0.2, -0.15) is 0 Å². The summed E-state index contributed by atoms with van der Waals surface area (Å²) in [5.41, 5.74) is 1.40. The summed E-state index contributed by atoms with van der Waals surface area (Å²) in [7, 11) is 0. The van der Waals surface area contributed by atoms with Crippen LogP contribution in [-0.2, 0) is 14.3 Å². The Morgan fingerprint density at radius 2 is 1.88 bits per heavy atom. The molecule has 3 heteroatoms. The lowest BCUT2D eigenvalue weighted by Gasteiger charge is -2.50. The molecule has 5 atom stereocenters. The van der Waals surface area contributed by atoms with Gasteiger partial charge in [-0.25, -0.2) is 0 Å². The van der Waals surface area contributed by atoms with E-state index in [-0.39, 0.29) is 35.4 Å². The monoisotopic (exact) mass is 338 g/mol. The fourth-order valence-electron chi connectivity index (χ4n) is 5.39. The molecule has 0 bridgehead atoms. The second-order valence-corrected chi connectivity index (χ2v) is 8.09. The van der Waals surface area contributed by atoms with Crippen molar-refractivity contribution in [2.24, 2.45) is 17.8 Å². The van der Waals surface area contributed by atoms with Crippen LogP contribution >= 0.6 is 0 Å². The van der Waals surface area contributed by atoms with Gasteiger partial charge in [-0.3, -0.25) is 9.59 Å². The first-order valence-corrected chi connectivity index (χ1v) is 9.52. The van der Waals surface area contributed by atoms with Gasteiger partial charge in [0.15, 0.2) is 11.4 Å². The fourth-order valence-corrected chi connectivity index (χ4v) is 5.39. The van der Waals surface area contributed by atoms with Crippen LogP contribution in [0.3, 0.4) is 0 Å². The van der Waals surface area contributed by atoms with Gasteiger partial charge in [0, 0.05) is 11.8 Å². The van der Waals surface area contributed by atoms with Crippen LogP contribution in [0.1, 0.15) is 57.4 Å². The van der Waals surface area contributed by atoms with E-state index in [9.17, 15) is 9.59 Å². The van der Waals surface area contributed by atoms with Crippen molar-refractivity contribution >= 4 is 11.8 Å². The number of ether oxygens (including phenoxy) is 1. The van der Waals surface area contributed by atoms with Crippen LogP contribution in [0.2, 0.25) is 0 Å². The van der Waals surface area contributed by atoms with Crippen LogP contribution in [0.5, 0.6) is 0 Å². The van der Waals surface area contributed by atoms with Gasteiger partial charge in [0.25, 0.3) is 0 Å². The topological polar surface area (TPSA) is 43.4 Å². The predicted octanol–water partition coefficient (Wildman–Crippen LogP) is 4.43. The number of fused-ring (bicyclic) bond motifs is 1. The summed E-state index contributed by atoms with van der Waals surface area (Å²) in [6.45, 7) is 4.10. The molecular weight excluding hydrogens is 312 g/mol. The van der Waals surface area contributed by atoms with Gasteiger partial charge in [-0.05, 0) is 44.1 Å². The molecule has 132 valence electrons. The first-order valence-electron chi connectivity index (χ1n) is 9.52. The van der Waals surface area contributed by atoms with Gasteiger partial charge >= 0.3 is 5.97 Å². The van der Waals surface area contributed by atoms with Crippen molar-refractivity contribution in [2.45, 2.75) is 57.5 Å². The molecule has 4 rings (SSSR count). The summed E-state index contributed by atoms with van der Waals surface area (Å²) >= 11 is 0. The van der Waals surface area contributed by atoms with Crippen molar-refractivity contribution in [3.63, 3.8) is 0 Å². The minimum Gasteiger partial charge on any atom is -0.450 e. The second kappa shape index (κ2) is 6.12. The summed E-state index contributed by atoms with van der Waals surface area (Å²) in [5, 5.41) is 0. The third kappa shape index (κ3) is 2.56. The fraction of sp³-hybridized carbons (Fsp3) is 0.545. The molecule has 1 saturated heterocycles. The van der Waals surface area contributed by atoms with Crippen molar-refractivity contribution in [1.82, 2.24) is 0 Å². The Kier molecular flexibility index (Phi) is 4.05. The zero-order valence-corrected chi connectivity index (χ0v) is 15.0. The molecule has 1 saturated carbocycles. The molecule has 2 aliphatic carbocycles. The number of carbonyl (C=O) groups excluding carboxylic acids is 2. The van der Waals surface area contributed by atoms with Crippen molar-refractivity contribution in [3.05, 3.63) is 47.5 Å². The molecule has 25 heavy (non-hydrogen) atoms. The number of rotatable bonds is 1. The van der Waals surface area contributed by atoms with Gasteiger partial charge in [0.1, 0.15) is 0 Å². The summed E-state index contributed by atoms with van der Waals surface area (Å²) in [6.07, 6.45) is 6.43. The van der Waals surface area contributed by atoms with Crippen LogP contribution in [0.4, 0.5) is 0 Å². The van der Waals surface area contributed by atoms with Crippen LogP contribution in [0.25, 0.3) is 0 Å². The maximum absolute atomic E-state index is 13.7. The molecular formula is C22H26O3. The zero-order chi connectivity index (χ0) is 17.6. The van der Waals surface area contributed by atoms with Gasteiger partial charge < -0.3 is 4.74 Å². The largest absolute Gasteiger partial charge is 0.450 e.